The van der Waals surface area contributed by atoms with E-state index in [0.717, 1.165) is 16.7 Å². The molecule has 2 amide bonds. The lowest BCUT2D eigenvalue weighted by molar-refractivity contribution is -0.162. The van der Waals surface area contributed by atoms with Crippen LogP contribution in [0.15, 0.2) is 48.5 Å². The van der Waals surface area contributed by atoms with Crippen LogP contribution in [0.1, 0.15) is 57.2 Å². The molecule has 1 heterocycles. The van der Waals surface area contributed by atoms with Gasteiger partial charge in [0.2, 0.25) is 0 Å². The van der Waals surface area contributed by atoms with Gasteiger partial charge in [-0.1, -0.05) is 47.5 Å². The van der Waals surface area contributed by atoms with Crippen molar-refractivity contribution in [3.63, 3.8) is 0 Å². The average molecular weight is 452 g/mol. The van der Waals surface area contributed by atoms with Gasteiger partial charge in [-0.2, -0.15) is 0 Å². The van der Waals surface area contributed by atoms with E-state index in [1.165, 1.54) is 0 Å². The van der Waals surface area contributed by atoms with Crippen LogP contribution < -0.4 is 10.6 Å². The van der Waals surface area contributed by atoms with Crippen LogP contribution in [0.25, 0.3) is 0 Å². The fraction of sp³-hybridized carbons (Fsp3) is 0.481. The Morgan fingerprint density at radius 3 is 1.88 bits per heavy atom. The summed E-state index contributed by atoms with van der Waals surface area (Å²) in [5.41, 5.74) is 2.03. The first-order chi connectivity index (χ1) is 15.3. The van der Waals surface area contributed by atoms with Gasteiger partial charge >= 0.3 is 12.0 Å². The van der Waals surface area contributed by atoms with Gasteiger partial charge in [0.05, 0.1) is 0 Å². The quantitative estimate of drug-likeness (QED) is 0.614. The minimum atomic E-state index is -1.15. The molecule has 0 spiro atoms. The van der Waals surface area contributed by atoms with E-state index < -0.39 is 17.5 Å². The molecule has 0 saturated carbocycles. The summed E-state index contributed by atoms with van der Waals surface area (Å²) in [6, 6.07) is 15.0. The molecule has 1 aliphatic heterocycles. The van der Waals surface area contributed by atoms with Crippen molar-refractivity contribution in [1.29, 1.82) is 0 Å². The van der Waals surface area contributed by atoms with E-state index in [4.69, 9.17) is 4.74 Å². The number of likely N-dealkylation sites (tertiary alicyclic amines) is 1. The summed E-state index contributed by atoms with van der Waals surface area (Å²) in [6.45, 7) is 12.5. The van der Waals surface area contributed by atoms with Gasteiger partial charge in [0, 0.05) is 16.8 Å². The number of anilines is 1. The lowest BCUT2D eigenvalue weighted by Gasteiger charge is -2.57. The molecule has 0 atom stereocenters. The van der Waals surface area contributed by atoms with E-state index in [0.29, 0.717) is 18.5 Å². The smallest absolute Gasteiger partial charge is 0.332 e. The summed E-state index contributed by atoms with van der Waals surface area (Å²) < 4.78 is 5.80. The van der Waals surface area contributed by atoms with Crippen molar-refractivity contribution in [1.82, 2.24) is 10.2 Å². The molecule has 2 aromatic rings. The number of rotatable bonds is 5. The molecular weight excluding hydrogens is 414 g/mol. The molecule has 6 nitrogen and oxygen atoms in total. The Kier molecular flexibility index (Phi) is 6.89. The van der Waals surface area contributed by atoms with E-state index in [-0.39, 0.29) is 17.7 Å². The van der Waals surface area contributed by atoms with E-state index in [2.05, 4.69) is 50.3 Å². The zero-order valence-electron chi connectivity index (χ0n) is 20.9. The van der Waals surface area contributed by atoms with Crippen LogP contribution in [0.2, 0.25) is 0 Å². The van der Waals surface area contributed by atoms with Gasteiger partial charge in [-0.25, -0.2) is 9.59 Å². The van der Waals surface area contributed by atoms with Crippen LogP contribution in [-0.4, -0.2) is 40.6 Å². The number of carbonyl (C=O) groups excluding carboxylic acids is 2. The van der Waals surface area contributed by atoms with Crippen LogP contribution >= 0.6 is 0 Å². The molecule has 1 aliphatic rings. The molecule has 0 aromatic heterocycles. The number of ether oxygens (including phenoxy) is 1. The standard InChI is InChI=1S/C27H37N3O3/c1-19-8-12-21(13-9-19)16-33-23(31)27(17-25(3,4)30(7)26(5,6)18-27)29-24(32)28-22-14-10-20(2)11-15-22/h8-15H,16-18H2,1-7H3,(H2,28,29,32). The van der Waals surface area contributed by atoms with Crippen molar-refractivity contribution >= 4 is 17.7 Å². The van der Waals surface area contributed by atoms with E-state index in [1.807, 2.05) is 62.4 Å². The third kappa shape index (κ3) is 5.74. The number of nitrogens with zero attached hydrogens (tertiary/aromatic N) is 1. The van der Waals surface area contributed by atoms with Gasteiger partial charge in [0.15, 0.2) is 0 Å². The zero-order chi connectivity index (χ0) is 24.4. The summed E-state index contributed by atoms with van der Waals surface area (Å²) in [4.78, 5) is 28.9. The maximum atomic E-state index is 13.6. The number of aryl methyl sites for hydroxylation is 2. The molecule has 0 aliphatic carbocycles. The molecule has 0 unspecified atom stereocenters. The number of nitrogens with one attached hydrogen (secondary N) is 2. The van der Waals surface area contributed by atoms with Crippen LogP contribution in [0.4, 0.5) is 10.5 Å². The first-order valence-corrected chi connectivity index (χ1v) is 11.5. The molecule has 1 saturated heterocycles. The first-order valence-electron chi connectivity index (χ1n) is 11.5. The molecule has 1 fully saturated rings. The zero-order valence-corrected chi connectivity index (χ0v) is 20.9. The van der Waals surface area contributed by atoms with Crippen molar-refractivity contribution in [2.75, 3.05) is 12.4 Å². The Balaban J connectivity index is 1.85. The van der Waals surface area contributed by atoms with Gasteiger partial charge in [-0.3, -0.25) is 4.90 Å². The molecule has 3 rings (SSSR count). The van der Waals surface area contributed by atoms with Gasteiger partial charge in [-0.15, -0.1) is 0 Å². The largest absolute Gasteiger partial charge is 0.459 e. The second kappa shape index (κ2) is 9.18. The summed E-state index contributed by atoms with van der Waals surface area (Å²) in [5, 5.41) is 5.89. The third-order valence-electron chi connectivity index (χ3n) is 6.83. The molecule has 0 bridgehead atoms. The molecule has 0 radical (unpaired) electrons. The minimum Gasteiger partial charge on any atom is -0.459 e. The second-order valence-electron chi connectivity index (χ2n) is 10.6. The minimum absolute atomic E-state index is 0.165. The Morgan fingerprint density at radius 2 is 1.36 bits per heavy atom. The van der Waals surface area contributed by atoms with Crippen LogP contribution in [0.3, 0.4) is 0 Å². The topological polar surface area (TPSA) is 70.7 Å². The van der Waals surface area contributed by atoms with Crippen molar-refractivity contribution < 1.29 is 14.3 Å². The average Bonchev–Trinajstić information content (AvgIpc) is 2.72. The number of esters is 1. The Bertz CT molecular complexity index is 976. The van der Waals surface area contributed by atoms with Gasteiger partial charge in [0.25, 0.3) is 0 Å². The lowest BCUT2D eigenvalue weighted by atomic mass is 9.69. The number of amides is 2. The van der Waals surface area contributed by atoms with Crippen molar-refractivity contribution in [2.45, 2.75) is 77.6 Å². The summed E-state index contributed by atoms with van der Waals surface area (Å²) in [5.74, 6) is -0.406. The fourth-order valence-corrected chi connectivity index (χ4v) is 4.87. The molecule has 2 aromatic carbocycles. The van der Waals surface area contributed by atoms with Crippen LogP contribution in [-0.2, 0) is 16.1 Å². The highest BCUT2D eigenvalue weighted by Crippen LogP contribution is 2.43. The van der Waals surface area contributed by atoms with Gasteiger partial charge in [0.1, 0.15) is 12.1 Å². The predicted octanol–water partition coefficient (Wildman–Crippen LogP) is 5.19. The van der Waals surface area contributed by atoms with Gasteiger partial charge in [-0.05, 0) is 79.1 Å². The predicted molar refractivity (Wildman–Crippen MR) is 132 cm³/mol. The van der Waals surface area contributed by atoms with Crippen LogP contribution in [0, 0.1) is 13.8 Å². The summed E-state index contributed by atoms with van der Waals surface area (Å²) in [6.07, 6.45) is 0.877. The Hall–Kier alpha value is -2.86. The Morgan fingerprint density at radius 1 is 0.879 bits per heavy atom. The SMILES string of the molecule is Cc1ccc(COC(=O)C2(NC(=O)Nc3ccc(C)cc3)CC(C)(C)N(C)C(C)(C)C2)cc1. The maximum Gasteiger partial charge on any atom is 0.332 e. The van der Waals surface area contributed by atoms with E-state index >= 15 is 0 Å². The number of urea groups is 1. The number of benzene rings is 2. The van der Waals surface area contributed by atoms with E-state index in [9.17, 15) is 9.59 Å². The van der Waals surface area contributed by atoms with Gasteiger partial charge < -0.3 is 15.4 Å². The van der Waals surface area contributed by atoms with E-state index in [1.54, 1.807) is 0 Å². The fourth-order valence-electron chi connectivity index (χ4n) is 4.87. The molecule has 178 valence electrons. The number of carbonyl (C=O) groups is 2. The highest BCUT2D eigenvalue weighted by Gasteiger charge is 2.56. The molecular formula is C27H37N3O3. The summed E-state index contributed by atoms with van der Waals surface area (Å²) >= 11 is 0. The first kappa shape index (κ1) is 24.8. The highest BCUT2D eigenvalue weighted by atomic mass is 16.5. The second-order valence-corrected chi connectivity index (χ2v) is 10.6. The van der Waals surface area contributed by atoms with Crippen molar-refractivity contribution in [3.05, 3.63) is 65.2 Å². The number of hydrogen-bond acceptors (Lipinski definition) is 4. The van der Waals surface area contributed by atoms with Crippen LogP contribution in [0.5, 0.6) is 0 Å². The molecule has 33 heavy (non-hydrogen) atoms. The monoisotopic (exact) mass is 451 g/mol. The maximum absolute atomic E-state index is 13.6. The lowest BCUT2D eigenvalue weighted by Crippen LogP contribution is -2.71. The Labute approximate surface area is 197 Å². The van der Waals surface area contributed by atoms with Crippen molar-refractivity contribution in [3.8, 4) is 0 Å². The normalized spacial score (nSPS) is 18.9. The molecule has 6 heteroatoms. The number of hydrogen-bond donors (Lipinski definition) is 2. The molecule has 2 N–H and O–H groups in total. The summed E-state index contributed by atoms with van der Waals surface area (Å²) in [7, 11) is 2.06. The third-order valence-corrected chi connectivity index (χ3v) is 6.83. The van der Waals surface area contributed by atoms with Crippen molar-refractivity contribution in [2.24, 2.45) is 0 Å². The highest BCUT2D eigenvalue weighted by molar-refractivity contribution is 5.94. The number of piperidine rings is 1.